The quantitative estimate of drug-likeness (QED) is 0.630. The zero-order valence-corrected chi connectivity index (χ0v) is 11.1. The van der Waals surface area contributed by atoms with Gasteiger partial charge in [-0.2, -0.15) is 0 Å². The van der Waals surface area contributed by atoms with Crippen LogP contribution < -0.4 is 9.47 Å². The minimum Gasteiger partial charge on any atom is -0.454 e. The van der Waals surface area contributed by atoms with Crippen LogP contribution in [0.5, 0.6) is 11.5 Å². The molecule has 106 valence electrons. The third-order valence-corrected chi connectivity index (χ3v) is 2.85. The maximum absolute atomic E-state index is 12.0. The van der Waals surface area contributed by atoms with Gasteiger partial charge in [0.1, 0.15) is 0 Å². The van der Waals surface area contributed by atoms with E-state index in [1.54, 1.807) is 12.2 Å². The maximum Gasteiger partial charge on any atom is 0.246 e. The highest BCUT2D eigenvalue weighted by Gasteiger charge is 2.12. The van der Waals surface area contributed by atoms with E-state index in [0.717, 1.165) is 5.56 Å². The fraction of sp³-hybridized carbons (Fsp3) is 0.267. The number of ether oxygens (including phenoxy) is 2. The van der Waals surface area contributed by atoms with Crippen LogP contribution in [0.25, 0.3) is 6.08 Å². The van der Waals surface area contributed by atoms with Crippen LogP contribution in [0.2, 0.25) is 0 Å². The second kappa shape index (κ2) is 6.77. The van der Waals surface area contributed by atoms with E-state index < -0.39 is 0 Å². The van der Waals surface area contributed by atoms with Crippen molar-refractivity contribution in [3.05, 3.63) is 42.5 Å². The average molecular weight is 275 g/mol. The Kier molecular flexibility index (Phi) is 4.79. The molecule has 1 aromatic rings. The summed E-state index contributed by atoms with van der Waals surface area (Å²) in [5.74, 6) is 1.22. The molecule has 0 radical (unpaired) electrons. The normalized spacial score (nSPS) is 12.7. The molecule has 0 fully saturated rings. The molecule has 1 aromatic carbocycles. The van der Waals surface area contributed by atoms with Crippen LogP contribution >= 0.6 is 0 Å². The van der Waals surface area contributed by atoms with Crippen molar-refractivity contribution in [2.45, 2.75) is 0 Å². The van der Waals surface area contributed by atoms with Gasteiger partial charge in [-0.25, -0.2) is 0 Å². The van der Waals surface area contributed by atoms with Crippen molar-refractivity contribution in [3.63, 3.8) is 0 Å². The van der Waals surface area contributed by atoms with Gasteiger partial charge < -0.3 is 19.5 Å². The fourth-order valence-electron chi connectivity index (χ4n) is 1.86. The number of amides is 1. The Labute approximate surface area is 117 Å². The predicted octanol–water partition coefficient (Wildman–Crippen LogP) is 1.44. The van der Waals surface area contributed by atoms with Crippen molar-refractivity contribution in [3.8, 4) is 11.5 Å². The van der Waals surface area contributed by atoms with Crippen molar-refractivity contribution in [1.29, 1.82) is 0 Å². The molecule has 0 atom stereocenters. The number of aliphatic hydroxyl groups is 1. The number of carbonyl (C=O) groups is 1. The molecule has 1 amide bonds. The summed E-state index contributed by atoms with van der Waals surface area (Å²) in [6, 6.07) is 5.47. The second-order valence-electron chi connectivity index (χ2n) is 4.24. The molecule has 0 spiro atoms. The number of aliphatic hydroxyl groups excluding tert-OH is 1. The molecule has 0 aromatic heterocycles. The van der Waals surface area contributed by atoms with E-state index in [2.05, 4.69) is 6.58 Å². The fourth-order valence-corrected chi connectivity index (χ4v) is 1.86. The van der Waals surface area contributed by atoms with E-state index in [1.165, 1.54) is 11.0 Å². The average Bonchev–Trinajstić information content (AvgIpc) is 2.92. The maximum atomic E-state index is 12.0. The first-order valence-electron chi connectivity index (χ1n) is 6.33. The molecule has 0 unspecified atom stereocenters. The first-order valence-corrected chi connectivity index (χ1v) is 6.33. The van der Waals surface area contributed by atoms with E-state index >= 15 is 0 Å². The topological polar surface area (TPSA) is 59.0 Å². The summed E-state index contributed by atoms with van der Waals surface area (Å²) in [6.07, 6.45) is 4.80. The third-order valence-electron chi connectivity index (χ3n) is 2.85. The zero-order valence-electron chi connectivity index (χ0n) is 11.1. The van der Waals surface area contributed by atoms with Gasteiger partial charge in [-0.15, -0.1) is 6.58 Å². The molecule has 20 heavy (non-hydrogen) atoms. The molecule has 1 aliphatic rings. The molecule has 0 saturated carbocycles. The summed E-state index contributed by atoms with van der Waals surface area (Å²) in [4.78, 5) is 13.5. The number of hydrogen-bond donors (Lipinski definition) is 1. The highest BCUT2D eigenvalue weighted by molar-refractivity contribution is 5.92. The lowest BCUT2D eigenvalue weighted by molar-refractivity contribution is -0.125. The van der Waals surface area contributed by atoms with Crippen molar-refractivity contribution in [2.75, 3.05) is 26.5 Å². The Balaban J connectivity index is 2.04. The number of fused-ring (bicyclic) bond motifs is 1. The first-order chi connectivity index (χ1) is 9.74. The Morgan fingerprint density at radius 3 is 2.95 bits per heavy atom. The molecule has 5 heteroatoms. The predicted molar refractivity (Wildman–Crippen MR) is 75.5 cm³/mol. The smallest absolute Gasteiger partial charge is 0.246 e. The molecule has 1 heterocycles. The van der Waals surface area contributed by atoms with E-state index in [-0.39, 0.29) is 25.9 Å². The van der Waals surface area contributed by atoms with E-state index in [1.807, 2.05) is 18.2 Å². The molecule has 5 nitrogen and oxygen atoms in total. The van der Waals surface area contributed by atoms with Gasteiger partial charge in [0.05, 0.1) is 6.61 Å². The molecule has 0 saturated heterocycles. The van der Waals surface area contributed by atoms with Gasteiger partial charge in [0.15, 0.2) is 11.5 Å². The van der Waals surface area contributed by atoms with Crippen LogP contribution in [0.15, 0.2) is 36.9 Å². The number of benzene rings is 1. The lowest BCUT2D eigenvalue weighted by Gasteiger charge is -2.17. The Morgan fingerprint density at radius 1 is 1.40 bits per heavy atom. The Bertz CT molecular complexity index is 525. The van der Waals surface area contributed by atoms with Gasteiger partial charge >= 0.3 is 0 Å². The number of nitrogens with zero attached hydrogens (tertiary/aromatic N) is 1. The lowest BCUT2D eigenvalue weighted by atomic mass is 10.2. The van der Waals surface area contributed by atoms with Gasteiger partial charge in [-0.1, -0.05) is 12.1 Å². The van der Waals surface area contributed by atoms with Crippen LogP contribution in [0.1, 0.15) is 5.56 Å². The highest BCUT2D eigenvalue weighted by Crippen LogP contribution is 2.32. The van der Waals surface area contributed by atoms with Crippen LogP contribution in [0.4, 0.5) is 0 Å². The monoisotopic (exact) mass is 275 g/mol. The first kappa shape index (κ1) is 14.1. The van der Waals surface area contributed by atoms with Crippen molar-refractivity contribution in [1.82, 2.24) is 4.90 Å². The lowest BCUT2D eigenvalue weighted by Crippen LogP contribution is -2.32. The highest BCUT2D eigenvalue weighted by atomic mass is 16.7. The molecule has 1 N–H and O–H groups in total. The number of carbonyl (C=O) groups excluding carboxylic acids is 1. The zero-order chi connectivity index (χ0) is 14.4. The summed E-state index contributed by atoms with van der Waals surface area (Å²) >= 11 is 0. The summed E-state index contributed by atoms with van der Waals surface area (Å²) in [5.41, 5.74) is 0.852. The van der Waals surface area contributed by atoms with Crippen LogP contribution in [0, 0.1) is 0 Å². The third kappa shape index (κ3) is 3.39. The molecule has 0 bridgehead atoms. The van der Waals surface area contributed by atoms with E-state index in [9.17, 15) is 4.79 Å². The summed E-state index contributed by atoms with van der Waals surface area (Å²) < 4.78 is 10.5. The second-order valence-corrected chi connectivity index (χ2v) is 4.24. The molecular formula is C15H17NO4. The van der Waals surface area contributed by atoms with Gasteiger partial charge in [0.25, 0.3) is 0 Å². The van der Waals surface area contributed by atoms with Crippen molar-refractivity contribution >= 4 is 12.0 Å². The van der Waals surface area contributed by atoms with Crippen LogP contribution in [-0.4, -0.2) is 42.4 Å². The van der Waals surface area contributed by atoms with Gasteiger partial charge in [0.2, 0.25) is 12.7 Å². The SMILES string of the molecule is C=CCN(CCO)C(=O)/C=C/c1ccc2c(c1)OCO2. The van der Waals surface area contributed by atoms with E-state index in [0.29, 0.717) is 18.0 Å². The van der Waals surface area contributed by atoms with Gasteiger partial charge in [-0.05, 0) is 23.8 Å². The van der Waals surface area contributed by atoms with Gasteiger partial charge in [0, 0.05) is 19.2 Å². The molecule has 0 aliphatic carbocycles. The molecule has 2 rings (SSSR count). The number of rotatable bonds is 6. The summed E-state index contributed by atoms with van der Waals surface area (Å²) in [5, 5.41) is 8.92. The summed E-state index contributed by atoms with van der Waals surface area (Å²) in [7, 11) is 0. The Hall–Kier alpha value is -2.27. The largest absolute Gasteiger partial charge is 0.454 e. The minimum atomic E-state index is -0.170. The van der Waals surface area contributed by atoms with Crippen LogP contribution in [0.3, 0.4) is 0 Å². The van der Waals surface area contributed by atoms with Crippen molar-refractivity contribution in [2.24, 2.45) is 0 Å². The van der Waals surface area contributed by atoms with E-state index in [4.69, 9.17) is 14.6 Å². The molecular weight excluding hydrogens is 258 g/mol. The van der Waals surface area contributed by atoms with Gasteiger partial charge in [-0.3, -0.25) is 4.79 Å². The van der Waals surface area contributed by atoms with Crippen molar-refractivity contribution < 1.29 is 19.4 Å². The Morgan fingerprint density at radius 2 is 2.20 bits per heavy atom. The van der Waals surface area contributed by atoms with Crippen LogP contribution in [-0.2, 0) is 4.79 Å². The molecule has 1 aliphatic heterocycles. The minimum absolute atomic E-state index is 0.0720. The summed E-state index contributed by atoms with van der Waals surface area (Å²) in [6.45, 7) is 4.44. The standard InChI is InChI=1S/C15H17NO4/c1-2-7-16(8-9-17)15(18)6-4-12-3-5-13-14(10-12)20-11-19-13/h2-6,10,17H,1,7-9,11H2/b6-4+. The number of hydrogen-bond acceptors (Lipinski definition) is 4.